The molecule has 0 radical (unpaired) electrons. The van der Waals surface area contributed by atoms with E-state index in [9.17, 15) is 8.42 Å². The summed E-state index contributed by atoms with van der Waals surface area (Å²) in [5.41, 5.74) is 6.53. The Labute approximate surface area is 193 Å². The van der Waals surface area contributed by atoms with Crippen molar-refractivity contribution in [3.05, 3.63) is 63.4 Å². The summed E-state index contributed by atoms with van der Waals surface area (Å²) in [5, 5.41) is 3.16. The molecule has 3 heterocycles. The van der Waals surface area contributed by atoms with Crippen molar-refractivity contribution in [1.29, 1.82) is 0 Å². The minimum absolute atomic E-state index is 0.220. The summed E-state index contributed by atoms with van der Waals surface area (Å²) in [6.07, 6.45) is 2.13. The fourth-order valence-corrected chi connectivity index (χ4v) is 5.56. The van der Waals surface area contributed by atoms with E-state index in [1.165, 1.54) is 16.1 Å². The summed E-state index contributed by atoms with van der Waals surface area (Å²) >= 11 is 12.3. The van der Waals surface area contributed by atoms with Gasteiger partial charge in [0, 0.05) is 48.1 Å². The number of likely N-dealkylation sites (N-methyl/N-ethyl adjacent to an activating group) is 1. The molecule has 1 aromatic carbocycles. The molecule has 1 saturated heterocycles. The number of benzene rings is 1. The average Bonchev–Trinajstić information content (AvgIpc) is 3.11. The third-order valence-electron chi connectivity index (χ3n) is 5.70. The molecule has 1 fully saturated rings. The third kappa shape index (κ3) is 4.83. The Morgan fingerprint density at radius 1 is 1.10 bits per heavy atom. The van der Waals surface area contributed by atoms with Crippen molar-refractivity contribution < 1.29 is 8.42 Å². The molecule has 1 N–H and O–H groups in total. The van der Waals surface area contributed by atoms with Gasteiger partial charge in [-0.15, -0.1) is 0 Å². The van der Waals surface area contributed by atoms with E-state index in [2.05, 4.69) is 15.3 Å². The maximum absolute atomic E-state index is 12.9. The first kappa shape index (κ1) is 22.4. The van der Waals surface area contributed by atoms with Crippen molar-refractivity contribution in [1.82, 2.24) is 19.6 Å². The van der Waals surface area contributed by atoms with Gasteiger partial charge in [-0.1, -0.05) is 29.3 Å². The molecule has 4 rings (SSSR count). The van der Waals surface area contributed by atoms with Gasteiger partial charge >= 0.3 is 0 Å². The number of allylic oxidation sites excluding steroid dienone is 1. The van der Waals surface area contributed by atoms with Gasteiger partial charge in [0.05, 0.1) is 6.54 Å². The van der Waals surface area contributed by atoms with E-state index >= 15 is 0 Å². The van der Waals surface area contributed by atoms with Gasteiger partial charge in [0.15, 0.2) is 0 Å². The summed E-state index contributed by atoms with van der Waals surface area (Å²) in [7, 11) is -1.53. The van der Waals surface area contributed by atoms with Crippen LogP contribution in [0.3, 0.4) is 0 Å². The molecule has 2 aliphatic rings. The third-order valence-corrected chi connectivity index (χ3v) is 8.17. The Balaban J connectivity index is 1.44. The van der Waals surface area contributed by atoms with Gasteiger partial charge in [0.25, 0.3) is 0 Å². The molecule has 31 heavy (non-hydrogen) atoms. The maximum atomic E-state index is 12.9. The number of anilines is 1. The van der Waals surface area contributed by atoms with E-state index in [1.54, 1.807) is 18.2 Å². The first-order chi connectivity index (χ1) is 14.7. The van der Waals surface area contributed by atoms with Gasteiger partial charge in [-0.05, 0) is 55.8 Å². The Kier molecular flexibility index (Phi) is 6.46. The normalized spacial score (nSPS) is 18.5. The predicted molar refractivity (Wildman–Crippen MR) is 124 cm³/mol. The minimum atomic E-state index is -3.53. The molecule has 0 unspecified atom stereocenters. The maximum Gasteiger partial charge on any atom is 0.244 e. The molecule has 0 amide bonds. The van der Waals surface area contributed by atoms with Crippen LogP contribution < -0.4 is 10.4 Å². The van der Waals surface area contributed by atoms with Gasteiger partial charge < -0.3 is 10.3 Å². The summed E-state index contributed by atoms with van der Waals surface area (Å²) < 4.78 is 27.3. The van der Waals surface area contributed by atoms with Crippen molar-refractivity contribution in [3.8, 4) is 0 Å². The number of hydrazine groups is 1. The quantitative estimate of drug-likeness (QED) is 0.707. The van der Waals surface area contributed by atoms with E-state index in [0.29, 0.717) is 41.9 Å². The van der Waals surface area contributed by atoms with Gasteiger partial charge in [0.1, 0.15) is 10.7 Å². The zero-order valence-corrected chi connectivity index (χ0v) is 19.8. The summed E-state index contributed by atoms with van der Waals surface area (Å²) in [5.74, 6) is 0.661. The first-order valence-corrected chi connectivity index (χ1v) is 12.2. The van der Waals surface area contributed by atoms with Crippen molar-refractivity contribution >= 4 is 39.0 Å². The van der Waals surface area contributed by atoms with Gasteiger partial charge in [-0.3, -0.25) is 5.01 Å². The number of sulfonamides is 1. The van der Waals surface area contributed by atoms with Crippen LogP contribution in [0.25, 0.3) is 0 Å². The van der Waals surface area contributed by atoms with Crippen LogP contribution >= 0.6 is 23.2 Å². The molecule has 0 spiro atoms. The second kappa shape index (κ2) is 8.96. The summed E-state index contributed by atoms with van der Waals surface area (Å²) in [4.78, 5) is 6.76. The van der Waals surface area contributed by atoms with Crippen LogP contribution in [0.2, 0.25) is 10.0 Å². The number of rotatable bonds is 5. The fraction of sp³-hybridized carbons (Fsp3) is 0.381. The Morgan fingerprint density at radius 3 is 2.48 bits per heavy atom. The lowest BCUT2D eigenvalue weighted by Gasteiger charge is -2.31. The zero-order valence-electron chi connectivity index (χ0n) is 17.5. The second-order valence-electron chi connectivity index (χ2n) is 7.90. The van der Waals surface area contributed by atoms with E-state index in [0.717, 1.165) is 24.4 Å². The van der Waals surface area contributed by atoms with Crippen molar-refractivity contribution in [2.75, 3.05) is 44.8 Å². The summed E-state index contributed by atoms with van der Waals surface area (Å²) in [6.45, 7) is 5.08. The molecule has 0 atom stereocenters. The molecule has 0 aliphatic carbocycles. The highest BCUT2D eigenvalue weighted by Crippen LogP contribution is 2.27. The van der Waals surface area contributed by atoms with Crippen LogP contribution in [0, 0.1) is 0 Å². The van der Waals surface area contributed by atoms with Crippen LogP contribution in [0.15, 0.2) is 52.7 Å². The number of aromatic nitrogens is 1. The van der Waals surface area contributed by atoms with Crippen LogP contribution in [-0.4, -0.2) is 62.4 Å². The van der Waals surface area contributed by atoms with Crippen LogP contribution in [0.1, 0.15) is 12.5 Å². The molecule has 10 heteroatoms. The number of nitrogens with one attached hydrogen (secondary N) is 1. The predicted octanol–water partition coefficient (Wildman–Crippen LogP) is 3.17. The standard InChI is InChI=1S/C21H25Cl2N5O2S/c1-15-17(11-16-3-4-18(22)12-20(16)23)14-28(25-15)21-6-5-19(13-24-21)31(29,30)27-9-7-26(2)8-10-27/h3-6,12-13,25H,7-11,14H2,1-2H3. The molecule has 0 bridgehead atoms. The van der Waals surface area contributed by atoms with Crippen molar-refractivity contribution in [2.24, 2.45) is 0 Å². The monoisotopic (exact) mass is 481 g/mol. The Hall–Kier alpha value is -1.84. The van der Waals surface area contributed by atoms with E-state index < -0.39 is 10.0 Å². The topological polar surface area (TPSA) is 68.8 Å². The van der Waals surface area contributed by atoms with Crippen molar-refractivity contribution in [3.63, 3.8) is 0 Å². The van der Waals surface area contributed by atoms with E-state index in [-0.39, 0.29) is 4.90 Å². The second-order valence-corrected chi connectivity index (χ2v) is 10.7. The lowest BCUT2D eigenvalue weighted by molar-refractivity contribution is 0.222. The smallest absolute Gasteiger partial charge is 0.244 e. The number of pyridine rings is 1. The molecule has 7 nitrogen and oxygen atoms in total. The first-order valence-electron chi connectivity index (χ1n) is 10.1. The lowest BCUT2D eigenvalue weighted by atomic mass is 10.0. The van der Waals surface area contributed by atoms with Gasteiger partial charge in [-0.25, -0.2) is 13.4 Å². The van der Waals surface area contributed by atoms with E-state index in [4.69, 9.17) is 23.2 Å². The van der Waals surface area contributed by atoms with Gasteiger partial charge in [-0.2, -0.15) is 4.31 Å². The van der Waals surface area contributed by atoms with Gasteiger partial charge in [0.2, 0.25) is 10.0 Å². The largest absolute Gasteiger partial charge is 0.304 e. The Bertz CT molecular complexity index is 1100. The molecule has 166 valence electrons. The fourth-order valence-electron chi connectivity index (χ4n) is 3.71. The molecular formula is C21H25Cl2N5O2S. The van der Waals surface area contributed by atoms with E-state index in [1.807, 2.05) is 31.1 Å². The SMILES string of the molecule is CC1=C(Cc2ccc(Cl)cc2Cl)CN(c2ccc(S(=O)(=O)N3CCN(C)CC3)cn2)N1. The highest BCUT2D eigenvalue weighted by Gasteiger charge is 2.28. The summed E-state index contributed by atoms with van der Waals surface area (Å²) in [6, 6.07) is 8.88. The highest BCUT2D eigenvalue weighted by atomic mass is 35.5. The average molecular weight is 482 g/mol. The van der Waals surface area contributed by atoms with Crippen LogP contribution in [0.4, 0.5) is 5.82 Å². The number of piperazine rings is 1. The number of hydrogen-bond acceptors (Lipinski definition) is 6. The minimum Gasteiger partial charge on any atom is -0.304 e. The lowest BCUT2D eigenvalue weighted by Crippen LogP contribution is -2.47. The molecule has 2 aromatic rings. The van der Waals surface area contributed by atoms with Crippen molar-refractivity contribution in [2.45, 2.75) is 18.2 Å². The number of nitrogens with zero attached hydrogens (tertiary/aromatic N) is 4. The number of halogens is 2. The molecule has 0 saturated carbocycles. The zero-order chi connectivity index (χ0) is 22.2. The highest BCUT2D eigenvalue weighted by molar-refractivity contribution is 7.89. The van der Waals surface area contributed by atoms with Crippen LogP contribution in [-0.2, 0) is 16.4 Å². The van der Waals surface area contributed by atoms with Crippen LogP contribution in [0.5, 0.6) is 0 Å². The molecular weight excluding hydrogens is 457 g/mol. The molecule has 2 aliphatic heterocycles. The number of hydrogen-bond donors (Lipinski definition) is 1. The molecule has 1 aromatic heterocycles. The Morgan fingerprint density at radius 2 is 1.84 bits per heavy atom.